The van der Waals surface area contributed by atoms with Crippen molar-refractivity contribution >= 4 is 27.3 Å². The van der Waals surface area contributed by atoms with Crippen LogP contribution in [-0.4, -0.2) is 33.7 Å². The molecule has 0 bridgehead atoms. The van der Waals surface area contributed by atoms with Crippen LogP contribution < -0.4 is 14.4 Å². The molecule has 0 aliphatic rings. The lowest BCUT2D eigenvalue weighted by Crippen LogP contribution is -2.30. The van der Waals surface area contributed by atoms with Crippen LogP contribution in [0.2, 0.25) is 0 Å². The summed E-state index contributed by atoms with van der Waals surface area (Å²) >= 11 is 0. The third-order valence-corrected chi connectivity index (χ3v) is 5.22. The van der Waals surface area contributed by atoms with E-state index in [2.05, 4.69) is 12.2 Å². The fourth-order valence-corrected chi connectivity index (χ4v) is 2.76. The molecule has 0 heterocycles. The minimum absolute atomic E-state index is 0.258. The fraction of sp³-hybridized carbons (Fsp3) is 0.316. The van der Waals surface area contributed by atoms with Gasteiger partial charge in [0.05, 0.1) is 11.9 Å². The Morgan fingerprint density at radius 1 is 1.12 bits per heavy atom. The van der Waals surface area contributed by atoms with Gasteiger partial charge in [0.15, 0.2) is 6.10 Å². The Morgan fingerprint density at radius 2 is 1.69 bits per heavy atom. The van der Waals surface area contributed by atoms with Crippen LogP contribution in [0, 0.1) is 0 Å². The van der Waals surface area contributed by atoms with Crippen molar-refractivity contribution in [2.75, 3.05) is 22.9 Å². The Balaban J connectivity index is 1.97. The molecule has 1 amide bonds. The van der Waals surface area contributed by atoms with E-state index in [-0.39, 0.29) is 5.91 Å². The average molecular weight is 376 g/mol. The molecule has 0 fully saturated rings. The molecule has 2 rings (SSSR count). The van der Waals surface area contributed by atoms with Gasteiger partial charge < -0.3 is 10.1 Å². The zero-order valence-corrected chi connectivity index (χ0v) is 16.2. The molecule has 2 aromatic rings. The summed E-state index contributed by atoms with van der Waals surface area (Å²) in [6.45, 7) is 3.73. The highest BCUT2D eigenvalue weighted by Crippen LogP contribution is 2.21. The minimum Gasteiger partial charge on any atom is -0.481 e. The van der Waals surface area contributed by atoms with Crippen molar-refractivity contribution in [1.82, 2.24) is 0 Å². The maximum atomic E-state index is 12.3. The molecule has 0 saturated heterocycles. The normalized spacial score (nSPS) is 12.3. The standard InChI is InChI=1S/C19H24N2O4S/c1-5-15-6-8-16(9-7-15)20-19(22)14(2)25-18-12-10-17(11-13-18)21(3)26(4,23)24/h6-14H,5H2,1-4H3,(H,20,22)/t14-/m0/s1. The predicted molar refractivity (Wildman–Crippen MR) is 104 cm³/mol. The van der Waals surface area contributed by atoms with Gasteiger partial charge in [-0.05, 0) is 55.3 Å². The van der Waals surface area contributed by atoms with Gasteiger partial charge >= 0.3 is 0 Å². The second-order valence-electron chi connectivity index (χ2n) is 6.02. The molecule has 0 saturated carbocycles. The lowest BCUT2D eigenvalue weighted by Gasteiger charge is -2.18. The molecule has 2 aromatic carbocycles. The number of rotatable bonds is 7. The van der Waals surface area contributed by atoms with Crippen molar-refractivity contribution in [2.24, 2.45) is 0 Å². The molecule has 1 N–H and O–H groups in total. The van der Waals surface area contributed by atoms with Gasteiger partial charge in [-0.25, -0.2) is 8.42 Å². The molecule has 7 heteroatoms. The van der Waals surface area contributed by atoms with E-state index in [1.165, 1.54) is 16.9 Å². The van der Waals surface area contributed by atoms with Crippen LogP contribution in [0.1, 0.15) is 19.4 Å². The van der Waals surface area contributed by atoms with E-state index in [0.29, 0.717) is 17.1 Å². The molecule has 0 aliphatic heterocycles. The summed E-state index contributed by atoms with van der Waals surface area (Å²) in [6.07, 6.45) is 1.38. The lowest BCUT2D eigenvalue weighted by atomic mass is 10.1. The van der Waals surface area contributed by atoms with Crippen LogP contribution in [0.25, 0.3) is 0 Å². The maximum absolute atomic E-state index is 12.3. The van der Waals surface area contributed by atoms with Crippen LogP contribution in [0.15, 0.2) is 48.5 Å². The molecular formula is C19H24N2O4S. The van der Waals surface area contributed by atoms with Gasteiger partial charge in [-0.15, -0.1) is 0 Å². The number of hydrogen-bond donors (Lipinski definition) is 1. The van der Waals surface area contributed by atoms with E-state index in [4.69, 9.17) is 4.74 Å². The van der Waals surface area contributed by atoms with Crippen molar-refractivity contribution < 1.29 is 17.9 Å². The van der Waals surface area contributed by atoms with Crippen molar-refractivity contribution in [3.63, 3.8) is 0 Å². The zero-order chi connectivity index (χ0) is 19.3. The highest BCUT2D eigenvalue weighted by Gasteiger charge is 2.16. The van der Waals surface area contributed by atoms with Crippen molar-refractivity contribution in [1.29, 1.82) is 0 Å². The van der Waals surface area contributed by atoms with Crippen LogP contribution >= 0.6 is 0 Å². The number of sulfonamides is 1. The number of hydrogen-bond acceptors (Lipinski definition) is 4. The first-order valence-electron chi connectivity index (χ1n) is 8.31. The molecule has 140 valence electrons. The van der Waals surface area contributed by atoms with Crippen LogP contribution in [0.5, 0.6) is 5.75 Å². The number of ether oxygens (including phenoxy) is 1. The number of aryl methyl sites for hydroxylation is 1. The topological polar surface area (TPSA) is 75.7 Å². The monoisotopic (exact) mass is 376 g/mol. The number of amides is 1. The van der Waals surface area contributed by atoms with E-state index in [1.54, 1.807) is 31.2 Å². The average Bonchev–Trinajstić information content (AvgIpc) is 2.61. The third kappa shape index (κ3) is 5.23. The second-order valence-corrected chi connectivity index (χ2v) is 8.04. The number of carbonyl (C=O) groups excluding carboxylic acids is 1. The van der Waals surface area contributed by atoms with Gasteiger partial charge in [-0.1, -0.05) is 19.1 Å². The first-order chi connectivity index (χ1) is 12.2. The highest BCUT2D eigenvalue weighted by atomic mass is 32.2. The third-order valence-electron chi connectivity index (χ3n) is 4.01. The Labute approximate surface area is 154 Å². The minimum atomic E-state index is -3.32. The SMILES string of the molecule is CCc1ccc(NC(=O)[C@H](C)Oc2ccc(N(C)S(C)(=O)=O)cc2)cc1. The smallest absolute Gasteiger partial charge is 0.265 e. The van der Waals surface area contributed by atoms with Crippen LogP contribution in [0.3, 0.4) is 0 Å². The molecule has 0 aliphatic carbocycles. The predicted octanol–water partition coefficient (Wildman–Crippen LogP) is 3.05. The first kappa shape index (κ1) is 19.8. The Bertz CT molecular complexity index is 846. The summed E-state index contributed by atoms with van der Waals surface area (Å²) in [5.74, 6) is 0.228. The molecular weight excluding hydrogens is 352 g/mol. The van der Waals surface area contributed by atoms with Gasteiger partial charge in [0.2, 0.25) is 10.0 Å². The van der Waals surface area contributed by atoms with E-state index < -0.39 is 16.1 Å². The number of nitrogens with zero attached hydrogens (tertiary/aromatic N) is 1. The molecule has 0 unspecified atom stereocenters. The Kier molecular flexibility index (Phi) is 6.26. The summed E-state index contributed by atoms with van der Waals surface area (Å²) in [7, 11) is -1.84. The summed E-state index contributed by atoms with van der Waals surface area (Å²) in [4.78, 5) is 12.3. The number of anilines is 2. The van der Waals surface area contributed by atoms with E-state index in [0.717, 1.165) is 12.7 Å². The quantitative estimate of drug-likeness (QED) is 0.806. The van der Waals surface area contributed by atoms with Gasteiger partial charge in [0.1, 0.15) is 5.75 Å². The van der Waals surface area contributed by atoms with Crippen LogP contribution in [-0.2, 0) is 21.2 Å². The number of nitrogens with one attached hydrogen (secondary N) is 1. The van der Waals surface area contributed by atoms with Crippen LogP contribution in [0.4, 0.5) is 11.4 Å². The summed E-state index contributed by atoms with van der Waals surface area (Å²) < 4.78 is 29.9. The number of benzene rings is 2. The van der Waals surface area contributed by atoms with Gasteiger partial charge in [-0.2, -0.15) is 0 Å². The summed E-state index contributed by atoms with van der Waals surface area (Å²) in [6, 6.07) is 14.2. The van der Waals surface area contributed by atoms with E-state index in [9.17, 15) is 13.2 Å². The number of carbonyl (C=O) groups is 1. The van der Waals surface area contributed by atoms with E-state index >= 15 is 0 Å². The van der Waals surface area contributed by atoms with Gasteiger partial charge in [0, 0.05) is 12.7 Å². The molecule has 0 radical (unpaired) electrons. The maximum Gasteiger partial charge on any atom is 0.265 e. The second kappa shape index (κ2) is 8.23. The Morgan fingerprint density at radius 3 is 2.19 bits per heavy atom. The molecule has 0 spiro atoms. The molecule has 0 aromatic heterocycles. The summed E-state index contributed by atoms with van der Waals surface area (Å²) in [5.41, 5.74) is 2.44. The Hall–Kier alpha value is -2.54. The molecule has 6 nitrogen and oxygen atoms in total. The van der Waals surface area contributed by atoms with Crippen molar-refractivity contribution in [2.45, 2.75) is 26.4 Å². The largest absolute Gasteiger partial charge is 0.481 e. The lowest BCUT2D eigenvalue weighted by molar-refractivity contribution is -0.122. The highest BCUT2D eigenvalue weighted by molar-refractivity contribution is 7.92. The van der Waals surface area contributed by atoms with Crippen molar-refractivity contribution in [3.05, 3.63) is 54.1 Å². The van der Waals surface area contributed by atoms with Gasteiger partial charge in [-0.3, -0.25) is 9.10 Å². The fourth-order valence-electron chi connectivity index (χ4n) is 2.25. The van der Waals surface area contributed by atoms with Crippen molar-refractivity contribution in [3.8, 4) is 5.75 Å². The summed E-state index contributed by atoms with van der Waals surface area (Å²) in [5, 5.41) is 2.81. The molecule has 26 heavy (non-hydrogen) atoms. The first-order valence-corrected chi connectivity index (χ1v) is 10.2. The zero-order valence-electron chi connectivity index (χ0n) is 15.4. The van der Waals surface area contributed by atoms with Gasteiger partial charge in [0.25, 0.3) is 5.91 Å². The molecule has 1 atom stereocenters. The van der Waals surface area contributed by atoms with E-state index in [1.807, 2.05) is 24.3 Å².